The molecule has 0 saturated carbocycles. The van der Waals surface area contributed by atoms with E-state index in [0.29, 0.717) is 0 Å². The number of hydrogen-bond donors (Lipinski definition) is 0. The second-order valence-electron chi connectivity index (χ2n) is 22.4. The molecule has 0 atom stereocenters. The van der Waals surface area contributed by atoms with E-state index < -0.39 is 0 Å². The lowest BCUT2D eigenvalue weighted by molar-refractivity contribution is -0.566. The number of aromatic nitrogens is 4. The lowest BCUT2D eigenvalue weighted by Gasteiger charge is -2.23. The van der Waals surface area contributed by atoms with Crippen molar-refractivity contribution in [2.24, 2.45) is 0 Å². The summed E-state index contributed by atoms with van der Waals surface area (Å²) in [4.78, 5) is 5.01. The molecule has 0 bridgehead atoms. The monoisotopic (exact) mass is 939 g/mol. The number of benzene rings is 8. The van der Waals surface area contributed by atoms with E-state index in [1.165, 1.54) is 33.4 Å². The van der Waals surface area contributed by atoms with Crippen LogP contribution in [0.3, 0.4) is 0 Å². The average molecular weight is 940 g/mol. The quantitative estimate of drug-likeness (QED) is 0.150. The van der Waals surface area contributed by atoms with E-state index >= 15 is 0 Å². The molecule has 0 aliphatic rings. The van der Waals surface area contributed by atoms with Gasteiger partial charge >= 0.3 is 0 Å². The molecule has 72 heavy (non-hydrogen) atoms. The Morgan fingerprint density at radius 3 is 1.81 bits per heavy atom. The molecular formula is C66H59N4O2+. The number of rotatable bonds is 7. The topological polar surface area (TPSA) is 49.0 Å². The summed E-state index contributed by atoms with van der Waals surface area (Å²) in [7, 11) is 0. The van der Waals surface area contributed by atoms with Crippen molar-refractivity contribution in [2.75, 3.05) is 0 Å². The maximum atomic E-state index is 7.11. The minimum atomic E-state index is -0.186. The molecule has 6 heteroatoms. The molecule has 0 N–H and O–H groups in total. The number of nitrogens with zero attached hydrogens (tertiary/aromatic N) is 4. The number of ether oxygens (including phenoxy) is 1. The average Bonchev–Trinajstić information content (AvgIpc) is 4.05. The zero-order valence-corrected chi connectivity index (χ0v) is 42.6. The van der Waals surface area contributed by atoms with E-state index in [4.69, 9.17) is 14.1 Å². The van der Waals surface area contributed by atoms with Crippen LogP contribution in [0.25, 0.3) is 94.2 Å². The molecule has 4 aromatic heterocycles. The highest BCUT2D eigenvalue weighted by molar-refractivity contribution is 6.24. The third-order valence-electron chi connectivity index (χ3n) is 14.4. The van der Waals surface area contributed by atoms with Crippen LogP contribution in [0.2, 0.25) is 0 Å². The van der Waals surface area contributed by atoms with Gasteiger partial charge in [-0.3, -0.25) is 4.57 Å². The molecule has 354 valence electrons. The fourth-order valence-corrected chi connectivity index (χ4v) is 10.4. The third-order valence-corrected chi connectivity index (χ3v) is 14.4. The normalized spacial score (nSPS) is 12.5. The summed E-state index contributed by atoms with van der Waals surface area (Å²) in [6, 6.07) is 65.3. The van der Waals surface area contributed by atoms with Gasteiger partial charge < -0.3 is 9.15 Å². The Balaban J connectivity index is 1.05. The maximum absolute atomic E-state index is 7.11. The van der Waals surface area contributed by atoms with E-state index in [0.717, 1.165) is 89.0 Å². The summed E-state index contributed by atoms with van der Waals surface area (Å²) >= 11 is 0. The lowest BCUT2D eigenvalue weighted by atomic mass is 9.82. The number of furan rings is 1. The van der Waals surface area contributed by atoms with Gasteiger partial charge in [-0.1, -0.05) is 153 Å². The Morgan fingerprint density at radius 1 is 0.486 bits per heavy atom. The predicted octanol–water partition coefficient (Wildman–Crippen LogP) is 17.3. The molecule has 12 aromatic rings. The van der Waals surface area contributed by atoms with Crippen molar-refractivity contribution < 1.29 is 13.7 Å². The second kappa shape index (κ2) is 16.7. The second-order valence-corrected chi connectivity index (χ2v) is 22.4. The van der Waals surface area contributed by atoms with Crippen LogP contribution in [-0.2, 0) is 16.2 Å². The van der Waals surface area contributed by atoms with Crippen LogP contribution in [-0.4, -0.2) is 14.1 Å². The zero-order chi connectivity index (χ0) is 49.7. The standard InChI is InChI=1S/C66H59N4O2/c1-64(2,3)44-32-33-67-60(38-44)70-57-31-30-51-50-24-16-19-27-59(50)72-63(51)61(57)52-29-28-48(40-58(52)70)71-49-35-45(65(4,5)6)34-47(39-49)68-41-69(56-26-18-17-25-55(56)68)62-53(42-20-12-10-13-21-42)36-46(66(7,8)9)37-54(62)43-22-14-11-15-23-43/h10-41H,1-9H3/q+1. The van der Waals surface area contributed by atoms with E-state index in [-0.39, 0.29) is 16.2 Å². The highest BCUT2D eigenvalue weighted by atomic mass is 16.5. The van der Waals surface area contributed by atoms with Gasteiger partial charge in [0.2, 0.25) is 0 Å². The minimum Gasteiger partial charge on any atom is -0.457 e. The van der Waals surface area contributed by atoms with Crippen molar-refractivity contribution in [2.45, 2.75) is 78.6 Å². The highest BCUT2D eigenvalue weighted by Gasteiger charge is 2.29. The first kappa shape index (κ1) is 45.0. The van der Waals surface area contributed by atoms with Gasteiger partial charge in [0.25, 0.3) is 6.33 Å². The highest BCUT2D eigenvalue weighted by Crippen LogP contribution is 2.44. The van der Waals surface area contributed by atoms with Crippen LogP contribution < -0.4 is 9.30 Å². The summed E-state index contributed by atoms with van der Waals surface area (Å²) in [6.45, 7) is 20.4. The zero-order valence-electron chi connectivity index (χ0n) is 42.6. The van der Waals surface area contributed by atoms with Gasteiger partial charge in [-0.2, -0.15) is 9.13 Å². The fourth-order valence-electron chi connectivity index (χ4n) is 10.4. The largest absolute Gasteiger partial charge is 0.457 e. The SMILES string of the molecule is CC(C)(C)c1cc(Oc2ccc3c4c5oc6ccccc6c5ccc4n(-c4cc(C(C)(C)C)ccn4)c3c2)cc(-n2c[n+](-c3c(-c4ccccc4)cc(C(C)(C)C)cc3-c3ccccc3)c3ccccc32)c1. The Bertz CT molecular complexity index is 4000. The molecule has 0 spiro atoms. The first-order valence-corrected chi connectivity index (χ1v) is 25.1. The minimum absolute atomic E-state index is 0.0674. The van der Waals surface area contributed by atoms with Gasteiger partial charge in [0.15, 0.2) is 11.0 Å². The first-order chi connectivity index (χ1) is 34.6. The molecule has 0 fully saturated rings. The fraction of sp³-hybridized carbons (Fsp3) is 0.182. The summed E-state index contributed by atoms with van der Waals surface area (Å²) in [5, 5.41) is 4.31. The molecule has 0 aliphatic carbocycles. The van der Waals surface area contributed by atoms with Gasteiger partial charge in [-0.15, -0.1) is 0 Å². The Hall–Kier alpha value is -8.22. The molecule has 0 unspecified atom stereocenters. The van der Waals surface area contributed by atoms with Crippen LogP contribution in [0, 0.1) is 0 Å². The van der Waals surface area contributed by atoms with E-state index in [1.807, 2.05) is 18.3 Å². The molecule has 0 aliphatic heterocycles. The smallest absolute Gasteiger partial charge is 0.255 e. The van der Waals surface area contributed by atoms with Crippen LogP contribution in [0.1, 0.15) is 79.0 Å². The number of imidazole rings is 1. The molecule has 8 aromatic carbocycles. The van der Waals surface area contributed by atoms with Crippen molar-refractivity contribution in [3.63, 3.8) is 0 Å². The van der Waals surface area contributed by atoms with E-state index in [2.05, 4.69) is 252 Å². The van der Waals surface area contributed by atoms with E-state index in [9.17, 15) is 0 Å². The lowest BCUT2D eigenvalue weighted by Crippen LogP contribution is -2.31. The Morgan fingerprint density at radius 2 is 1.11 bits per heavy atom. The summed E-state index contributed by atoms with van der Waals surface area (Å²) < 4.78 is 20.8. The summed E-state index contributed by atoms with van der Waals surface area (Å²) in [5.74, 6) is 2.32. The van der Waals surface area contributed by atoms with Gasteiger partial charge in [-0.25, -0.2) is 4.98 Å². The van der Waals surface area contributed by atoms with Crippen LogP contribution in [0.5, 0.6) is 11.5 Å². The van der Waals surface area contributed by atoms with Crippen LogP contribution in [0.15, 0.2) is 199 Å². The van der Waals surface area contributed by atoms with Gasteiger partial charge in [0.05, 0.1) is 16.4 Å². The molecule has 4 heterocycles. The summed E-state index contributed by atoms with van der Waals surface area (Å²) in [6.07, 6.45) is 4.19. The number of fused-ring (bicyclic) bond motifs is 8. The van der Waals surface area contributed by atoms with Crippen molar-refractivity contribution >= 4 is 54.8 Å². The van der Waals surface area contributed by atoms with Gasteiger partial charge in [0.1, 0.15) is 39.9 Å². The molecule has 0 amide bonds. The molecule has 0 saturated heterocycles. The molecular weight excluding hydrogens is 881 g/mol. The number of pyridine rings is 1. The van der Waals surface area contributed by atoms with Crippen molar-refractivity contribution in [1.82, 2.24) is 14.1 Å². The third kappa shape index (κ3) is 7.73. The van der Waals surface area contributed by atoms with E-state index in [1.54, 1.807) is 0 Å². The number of hydrogen-bond acceptors (Lipinski definition) is 3. The van der Waals surface area contributed by atoms with Crippen molar-refractivity contribution in [1.29, 1.82) is 0 Å². The van der Waals surface area contributed by atoms with Crippen molar-refractivity contribution in [3.05, 3.63) is 211 Å². The predicted molar refractivity (Wildman–Crippen MR) is 298 cm³/mol. The number of para-hydroxylation sites is 3. The maximum Gasteiger partial charge on any atom is 0.255 e. The molecule has 0 radical (unpaired) electrons. The van der Waals surface area contributed by atoms with Crippen LogP contribution in [0.4, 0.5) is 0 Å². The first-order valence-electron chi connectivity index (χ1n) is 25.1. The Kier molecular flexibility index (Phi) is 10.4. The van der Waals surface area contributed by atoms with Crippen molar-refractivity contribution in [3.8, 4) is 50.9 Å². The van der Waals surface area contributed by atoms with Gasteiger partial charge in [-0.05, 0) is 123 Å². The van der Waals surface area contributed by atoms with Crippen LogP contribution >= 0.6 is 0 Å². The van der Waals surface area contributed by atoms with Gasteiger partial charge in [0, 0.05) is 45.6 Å². The Labute approximate surface area is 421 Å². The summed E-state index contributed by atoms with van der Waals surface area (Å²) in [5.41, 5.74) is 16.1. The molecule has 12 rings (SSSR count). The molecule has 6 nitrogen and oxygen atoms in total.